The molecule has 1 N–H and O–H groups in total. The predicted molar refractivity (Wildman–Crippen MR) is 72.9 cm³/mol. The van der Waals surface area contributed by atoms with Gasteiger partial charge in [-0.3, -0.25) is 4.79 Å². The maximum absolute atomic E-state index is 11.0. The number of hydrogen-bond acceptors (Lipinski definition) is 4. The molecule has 19 heavy (non-hydrogen) atoms. The third-order valence-corrected chi connectivity index (χ3v) is 3.78. The largest absolute Gasteiger partial charge is 0.424 e. The van der Waals surface area contributed by atoms with E-state index in [9.17, 15) is 4.79 Å². The maximum atomic E-state index is 11.0. The van der Waals surface area contributed by atoms with Crippen LogP contribution >= 0.6 is 0 Å². The first-order valence-corrected chi connectivity index (χ1v) is 6.61. The second-order valence-corrected chi connectivity index (χ2v) is 4.96. The highest BCUT2D eigenvalue weighted by Crippen LogP contribution is 2.23. The van der Waals surface area contributed by atoms with E-state index in [0.29, 0.717) is 6.01 Å². The van der Waals surface area contributed by atoms with E-state index in [1.165, 1.54) is 0 Å². The minimum atomic E-state index is 0.154. The number of benzene rings is 1. The third-order valence-electron chi connectivity index (χ3n) is 3.78. The number of fused-ring (bicyclic) bond motifs is 1. The smallest absolute Gasteiger partial charge is 0.295 e. The Morgan fingerprint density at radius 2 is 2.32 bits per heavy atom. The molecule has 0 aliphatic carbocycles. The predicted octanol–water partition coefficient (Wildman–Crippen LogP) is 2.25. The summed E-state index contributed by atoms with van der Waals surface area (Å²) in [6.45, 7) is 2.88. The van der Waals surface area contributed by atoms with Crippen LogP contribution in [-0.4, -0.2) is 34.9 Å². The van der Waals surface area contributed by atoms with Crippen molar-refractivity contribution in [1.82, 2.24) is 9.88 Å². The summed E-state index contributed by atoms with van der Waals surface area (Å²) >= 11 is 0. The van der Waals surface area contributed by atoms with Gasteiger partial charge in [-0.1, -0.05) is 12.1 Å². The normalized spacial score (nSPS) is 23.5. The highest BCUT2D eigenvalue weighted by atomic mass is 16.4. The van der Waals surface area contributed by atoms with Gasteiger partial charge in [0.2, 0.25) is 6.41 Å². The Labute approximate surface area is 111 Å². The van der Waals surface area contributed by atoms with E-state index < -0.39 is 0 Å². The van der Waals surface area contributed by atoms with Crippen LogP contribution in [0.15, 0.2) is 28.7 Å². The second kappa shape index (κ2) is 4.91. The fraction of sp³-hybridized carbons (Fsp3) is 0.429. The van der Waals surface area contributed by atoms with Crippen molar-refractivity contribution in [3.63, 3.8) is 0 Å². The zero-order valence-electron chi connectivity index (χ0n) is 10.9. The standard InChI is InChI=1S/C14H17N3O2/c1-10-11(6-4-8-17(10)9-18)15-14-16-12-5-2-3-7-13(12)19-14/h2-3,5,7,9-11H,4,6,8H2,1H3,(H,15,16). The van der Waals surface area contributed by atoms with Crippen molar-refractivity contribution in [2.75, 3.05) is 11.9 Å². The molecule has 2 unspecified atom stereocenters. The van der Waals surface area contributed by atoms with Crippen LogP contribution in [0.25, 0.3) is 11.1 Å². The van der Waals surface area contributed by atoms with Gasteiger partial charge in [0.05, 0.1) is 6.04 Å². The molecule has 3 rings (SSSR count). The molecule has 2 atom stereocenters. The van der Waals surface area contributed by atoms with E-state index in [1.54, 1.807) is 0 Å². The number of piperidine rings is 1. The van der Waals surface area contributed by atoms with Crippen LogP contribution in [0.4, 0.5) is 6.01 Å². The van der Waals surface area contributed by atoms with Gasteiger partial charge in [-0.05, 0) is 31.9 Å². The molecule has 1 aliphatic rings. The second-order valence-electron chi connectivity index (χ2n) is 4.96. The number of anilines is 1. The monoisotopic (exact) mass is 259 g/mol. The molecule has 0 spiro atoms. The summed E-state index contributed by atoms with van der Waals surface area (Å²) in [7, 11) is 0. The summed E-state index contributed by atoms with van der Waals surface area (Å²) in [6.07, 6.45) is 2.94. The molecule has 2 aromatic rings. The minimum absolute atomic E-state index is 0.154. The summed E-state index contributed by atoms with van der Waals surface area (Å²) in [6, 6.07) is 8.56. The van der Waals surface area contributed by atoms with Gasteiger partial charge in [-0.15, -0.1) is 0 Å². The Balaban J connectivity index is 1.78. The van der Waals surface area contributed by atoms with Gasteiger partial charge < -0.3 is 14.6 Å². The van der Waals surface area contributed by atoms with E-state index in [0.717, 1.165) is 36.9 Å². The van der Waals surface area contributed by atoms with Gasteiger partial charge >= 0.3 is 0 Å². The number of oxazole rings is 1. The van der Waals surface area contributed by atoms with E-state index >= 15 is 0 Å². The lowest BCUT2D eigenvalue weighted by Gasteiger charge is -2.36. The van der Waals surface area contributed by atoms with E-state index in [4.69, 9.17) is 4.42 Å². The summed E-state index contributed by atoms with van der Waals surface area (Å²) in [5, 5.41) is 3.31. The Kier molecular flexibility index (Phi) is 3.11. The average Bonchev–Trinajstić information content (AvgIpc) is 2.83. The van der Waals surface area contributed by atoms with Crippen LogP contribution in [0, 0.1) is 0 Å². The van der Waals surface area contributed by atoms with Crippen LogP contribution in [0.5, 0.6) is 0 Å². The van der Waals surface area contributed by atoms with Gasteiger partial charge in [0, 0.05) is 12.6 Å². The Hall–Kier alpha value is -2.04. The minimum Gasteiger partial charge on any atom is -0.424 e. The number of para-hydroxylation sites is 2. The molecule has 0 bridgehead atoms. The van der Waals surface area contributed by atoms with E-state index in [-0.39, 0.29) is 12.1 Å². The lowest BCUT2D eigenvalue weighted by molar-refractivity contribution is -0.121. The van der Waals surface area contributed by atoms with Crippen molar-refractivity contribution in [1.29, 1.82) is 0 Å². The number of carbonyl (C=O) groups is 1. The molecular formula is C14H17N3O2. The van der Waals surface area contributed by atoms with E-state index in [2.05, 4.69) is 10.3 Å². The third kappa shape index (κ3) is 2.28. The average molecular weight is 259 g/mol. The van der Waals surface area contributed by atoms with Crippen LogP contribution in [0.2, 0.25) is 0 Å². The summed E-state index contributed by atoms with van der Waals surface area (Å²) in [5.41, 5.74) is 1.63. The van der Waals surface area contributed by atoms with Crippen molar-refractivity contribution in [3.8, 4) is 0 Å². The number of nitrogens with zero attached hydrogens (tertiary/aromatic N) is 2. The van der Waals surface area contributed by atoms with Crippen molar-refractivity contribution in [2.24, 2.45) is 0 Å². The number of amides is 1. The topological polar surface area (TPSA) is 58.4 Å². The molecule has 0 saturated carbocycles. The van der Waals surface area contributed by atoms with Crippen molar-refractivity contribution >= 4 is 23.5 Å². The number of rotatable bonds is 3. The Morgan fingerprint density at radius 1 is 1.47 bits per heavy atom. The first-order chi connectivity index (χ1) is 9.28. The maximum Gasteiger partial charge on any atom is 0.295 e. The number of likely N-dealkylation sites (tertiary alicyclic amines) is 1. The molecule has 1 amide bonds. The lowest BCUT2D eigenvalue weighted by Crippen LogP contribution is -2.48. The molecule has 1 saturated heterocycles. The highest BCUT2D eigenvalue weighted by Gasteiger charge is 2.27. The fourth-order valence-corrected chi connectivity index (χ4v) is 2.60. The number of nitrogens with one attached hydrogen (secondary N) is 1. The van der Waals surface area contributed by atoms with Gasteiger partial charge in [0.1, 0.15) is 5.52 Å². The first kappa shape index (κ1) is 12.0. The van der Waals surface area contributed by atoms with Gasteiger partial charge in [0.15, 0.2) is 5.58 Å². The quantitative estimate of drug-likeness (QED) is 0.859. The Bertz CT molecular complexity index is 548. The number of hydrogen-bond donors (Lipinski definition) is 1. The van der Waals surface area contributed by atoms with Crippen molar-refractivity contribution in [3.05, 3.63) is 24.3 Å². The molecule has 5 heteroatoms. The number of carbonyl (C=O) groups excluding carboxylic acids is 1. The van der Waals surface area contributed by atoms with Crippen LogP contribution in [0.1, 0.15) is 19.8 Å². The summed E-state index contributed by atoms with van der Waals surface area (Å²) in [5.74, 6) is 0. The van der Waals surface area contributed by atoms with E-state index in [1.807, 2.05) is 36.1 Å². The van der Waals surface area contributed by atoms with Crippen molar-refractivity contribution < 1.29 is 9.21 Å². The first-order valence-electron chi connectivity index (χ1n) is 6.61. The molecule has 1 aromatic heterocycles. The molecule has 2 heterocycles. The molecule has 1 fully saturated rings. The van der Waals surface area contributed by atoms with Crippen LogP contribution < -0.4 is 5.32 Å². The Morgan fingerprint density at radius 3 is 3.11 bits per heavy atom. The molecule has 0 radical (unpaired) electrons. The van der Waals surface area contributed by atoms with Crippen LogP contribution in [0.3, 0.4) is 0 Å². The summed E-state index contributed by atoms with van der Waals surface area (Å²) < 4.78 is 5.66. The fourth-order valence-electron chi connectivity index (χ4n) is 2.60. The van der Waals surface area contributed by atoms with Crippen LogP contribution in [-0.2, 0) is 4.79 Å². The SMILES string of the molecule is CC1C(Nc2nc3ccccc3o2)CCCN1C=O. The molecule has 1 aromatic carbocycles. The molecular weight excluding hydrogens is 242 g/mol. The summed E-state index contributed by atoms with van der Waals surface area (Å²) in [4.78, 5) is 17.2. The zero-order valence-corrected chi connectivity index (χ0v) is 10.9. The van der Waals surface area contributed by atoms with Crippen molar-refractivity contribution in [2.45, 2.75) is 31.8 Å². The number of aromatic nitrogens is 1. The van der Waals surface area contributed by atoms with Gasteiger partial charge in [0.25, 0.3) is 6.01 Å². The lowest BCUT2D eigenvalue weighted by atomic mass is 9.98. The zero-order chi connectivity index (χ0) is 13.2. The molecule has 1 aliphatic heterocycles. The highest BCUT2D eigenvalue weighted by molar-refractivity contribution is 5.74. The molecule has 5 nitrogen and oxygen atoms in total. The van der Waals surface area contributed by atoms with Gasteiger partial charge in [-0.25, -0.2) is 0 Å². The van der Waals surface area contributed by atoms with Gasteiger partial charge in [-0.2, -0.15) is 4.98 Å². The molecule has 100 valence electrons.